The predicted octanol–water partition coefficient (Wildman–Crippen LogP) is 2.47. The highest BCUT2D eigenvalue weighted by atomic mass is 16.2. The van der Waals surface area contributed by atoms with Crippen LogP contribution in [0.1, 0.15) is 16.8 Å². The van der Waals surface area contributed by atoms with Gasteiger partial charge >= 0.3 is 6.03 Å². The summed E-state index contributed by atoms with van der Waals surface area (Å²) in [5, 5.41) is 5.84. The molecule has 1 atom stereocenters. The average Bonchev–Trinajstić information content (AvgIpc) is 3.36. The number of anilines is 2. The summed E-state index contributed by atoms with van der Waals surface area (Å²) >= 11 is 0. The molecule has 2 aromatic rings. The van der Waals surface area contributed by atoms with Gasteiger partial charge in [-0.15, -0.1) is 0 Å². The second-order valence-electron chi connectivity index (χ2n) is 7.08. The van der Waals surface area contributed by atoms with Crippen LogP contribution in [0.2, 0.25) is 0 Å². The highest BCUT2D eigenvalue weighted by Gasteiger charge is 2.24. The molecule has 2 aromatic carbocycles. The van der Waals surface area contributed by atoms with Gasteiger partial charge < -0.3 is 15.5 Å². The van der Waals surface area contributed by atoms with Gasteiger partial charge in [-0.2, -0.15) is 0 Å². The van der Waals surface area contributed by atoms with Gasteiger partial charge in [0.15, 0.2) is 0 Å². The van der Waals surface area contributed by atoms with E-state index in [1.807, 2.05) is 18.2 Å². The fourth-order valence-electron chi connectivity index (χ4n) is 3.74. The van der Waals surface area contributed by atoms with Crippen molar-refractivity contribution in [2.24, 2.45) is 5.92 Å². The van der Waals surface area contributed by atoms with E-state index in [1.165, 1.54) is 5.69 Å². The van der Waals surface area contributed by atoms with Crippen molar-refractivity contribution in [3.8, 4) is 0 Å². The van der Waals surface area contributed by atoms with Crippen molar-refractivity contribution in [1.29, 1.82) is 0 Å². The first-order valence-electron chi connectivity index (χ1n) is 9.44. The summed E-state index contributed by atoms with van der Waals surface area (Å²) in [4.78, 5) is 28.4. The molecule has 2 N–H and O–H groups in total. The maximum Gasteiger partial charge on any atom is 0.321 e. The van der Waals surface area contributed by atoms with Crippen LogP contribution >= 0.6 is 0 Å². The Bertz CT molecular complexity index is 824. The maximum atomic E-state index is 12.6. The van der Waals surface area contributed by atoms with Gasteiger partial charge in [-0.25, -0.2) is 4.79 Å². The standard InChI is InChI=1S/C21H24N4O2/c26-20(17-5-4-8-19(13-17)25-12-10-22-21(25)27)23-14-16-9-11-24(15-16)18-6-2-1-3-7-18/h1-8,13,16H,9-12,14-15H2,(H,22,27)(H,23,26). The molecule has 2 aliphatic rings. The minimum Gasteiger partial charge on any atom is -0.371 e. The minimum absolute atomic E-state index is 0.0883. The Balaban J connectivity index is 1.33. The number of amides is 3. The van der Waals surface area contributed by atoms with Gasteiger partial charge in [-0.05, 0) is 42.7 Å². The van der Waals surface area contributed by atoms with Crippen LogP contribution in [0.4, 0.5) is 16.2 Å². The molecular formula is C21H24N4O2. The minimum atomic E-state index is -0.112. The third kappa shape index (κ3) is 3.89. The molecule has 0 spiro atoms. The number of urea groups is 1. The molecule has 1 unspecified atom stereocenters. The van der Waals surface area contributed by atoms with Crippen LogP contribution in [0.25, 0.3) is 0 Å². The van der Waals surface area contributed by atoms with E-state index in [1.54, 1.807) is 17.0 Å². The molecule has 6 heteroatoms. The van der Waals surface area contributed by atoms with Gasteiger partial charge in [0.05, 0.1) is 0 Å². The summed E-state index contributed by atoms with van der Waals surface area (Å²) in [6.45, 7) is 3.90. The van der Waals surface area contributed by atoms with Crippen LogP contribution < -0.4 is 20.4 Å². The first kappa shape index (κ1) is 17.4. The van der Waals surface area contributed by atoms with E-state index in [4.69, 9.17) is 0 Å². The first-order chi connectivity index (χ1) is 13.2. The van der Waals surface area contributed by atoms with Crippen molar-refractivity contribution in [1.82, 2.24) is 10.6 Å². The number of hydrogen-bond acceptors (Lipinski definition) is 3. The zero-order valence-electron chi connectivity index (χ0n) is 15.2. The second-order valence-corrected chi connectivity index (χ2v) is 7.08. The van der Waals surface area contributed by atoms with Gasteiger partial charge in [-0.3, -0.25) is 9.69 Å². The highest BCUT2D eigenvalue weighted by molar-refractivity contribution is 5.98. The van der Waals surface area contributed by atoms with E-state index >= 15 is 0 Å². The smallest absolute Gasteiger partial charge is 0.321 e. The lowest BCUT2D eigenvalue weighted by Crippen LogP contribution is -2.31. The van der Waals surface area contributed by atoms with E-state index in [2.05, 4.69) is 39.8 Å². The number of nitrogens with zero attached hydrogens (tertiary/aromatic N) is 2. The fraction of sp³-hybridized carbons (Fsp3) is 0.333. The Morgan fingerprint density at radius 2 is 1.89 bits per heavy atom. The van der Waals surface area contributed by atoms with Crippen molar-refractivity contribution in [3.63, 3.8) is 0 Å². The topological polar surface area (TPSA) is 64.7 Å². The summed E-state index contributed by atoms with van der Waals surface area (Å²) in [6, 6.07) is 17.5. The maximum absolute atomic E-state index is 12.6. The fourth-order valence-corrected chi connectivity index (χ4v) is 3.74. The van der Waals surface area contributed by atoms with Gasteiger partial charge in [-0.1, -0.05) is 24.3 Å². The van der Waals surface area contributed by atoms with Crippen LogP contribution in [0.3, 0.4) is 0 Å². The largest absolute Gasteiger partial charge is 0.371 e. The van der Waals surface area contributed by atoms with E-state index in [0.717, 1.165) is 25.2 Å². The van der Waals surface area contributed by atoms with Crippen LogP contribution in [-0.4, -0.2) is 44.7 Å². The van der Waals surface area contributed by atoms with Crippen molar-refractivity contribution < 1.29 is 9.59 Å². The summed E-state index contributed by atoms with van der Waals surface area (Å²) in [5.41, 5.74) is 2.58. The summed E-state index contributed by atoms with van der Waals surface area (Å²) in [6.07, 6.45) is 1.07. The SMILES string of the molecule is O=C(NCC1CCN(c2ccccc2)C1)c1cccc(N2CCNC2=O)c1. The van der Waals surface area contributed by atoms with Gasteiger partial charge in [0.25, 0.3) is 5.91 Å². The molecule has 6 nitrogen and oxygen atoms in total. The van der Waals surface area contributed by atoms with Crippen LogP contribution in [0.15, 0.2) is 54.6 Å². The van der Waals surface area contributed by atoms with E-state index in [0.29, 0.717) is 31.1 Å². The molecule has 0 aromatic heterocycles. The number of hydrogen-bond donors (Lipinski definition) is 2. The van der Waals surface area contributed by atoms with Crippen LogP contribution in [-0.2, 0) is 0 Å². The van der Waals surface area contributed by atoms with E-state index in [-0.39, 0.29) is 11.9 Å². The molecule has 3 amide bonds. The molecule has 2 saturated heterocycles. The third-order valence-corrected chi connectivity index (χ3v) is 5.24. The predicted molar refractivity (Wildman–Crippen MR) is 106 cm³/mol. The zero-order valence-corrected chi connectivity index (χ0v) is 15.2. The molecular weight excluding hydrogens is 340 g/mol. The lowest BCUT2D eigenvalue weighted by molar-refractivity contribution is 0.0948. The second kappa shape index (κ2) is 7.70. The van der Waals surface area contributed by atoms with Crippen LogP contribution in [0, 0.1) is 5.92 Å². The van der Waals surface area contributed by atoms with Gasteiger partial charge in [0.1, 0.15) is 0 Å². The van der Waals surface area contributed by atoms with Gasteiger partial charge in [0.2, 0.25) is 0 Å². The summed E-state index contributed by atoms with van der Waals surface area (Å²) in [7, 11) is 0. The molecule has 4 rings (SSSR count). The third-order valence-electron chi connectivity index (χ3n) is 5.24. The zero-order chi connectivity index (χ0) is 18.6. The Labute approximate surface area is 159 Å². The number of benzene rings is 2. The Morgan fingerprint density at radius 1 is 1.07 bits per heavy atom. The lowest BCUT2D eigenvalue weighted by atomic mass is 10.1. The molecule has 27 heavy (non-hydrogen) atoms. The van der Waals surface area contributed by atoms with E-state index in [9.17, 15) is 9.59 Å². The highest BCUT2D eigenvalue weighted by Crippen LogP contribution is 2.23. The van der Waals surface area contributed by atoms with Crippen LogP contribution in [0.5, 0.6) is 0 Å². The monoisotopic (exact) mass is 364 g/mol. The normalized spacial score (nSPS) is 19.3. The van der Waals surface area contributed by atoms with Crippen molar-refractivity contribution >= 4 is 23.3 Å². The molecule has 2 fully saturated rings. The van der Waals surface area contributed by atoms with Crippen molar-refractivity contribution in [3.05, 3.63) is 60.2 Å². The number of carbonyl (C=O) groups is 2. The molecule has 140 valence electrons. The molecule has 2 aliphatic heterocycles. The average molecular weight is 364 g/mol. The molecule has 0 saturated carbocycles. The number of para-hydroxylation sites is 1. The summed E-state index contributed by atoms with van der Waals surface area (Å²) < 4.78 is 0. The number of nitrogens with one attached hydrogen (secondary N) is 2. The Kier molecular flexibility index (Phi) is 4.96. The number of rotatable bonds is 5. The Morgan fingerprint density at radius 3 is 2.67 bits per heavy atom. The molecule has 0 radical (unpaired) electrons. The molecule has 0 aliphatic carbocycles. The summed E-state index contributed by atoms with van der Waals surface area (Å²) in [5.74, 6) is 0.358. The quantitative estimate of drug-likeness (QED) is 0.857. The first-order valence-corrected chi connectivity index (χ1v) is 9.44. The van der Waals surface area contributed by atoms with Crippen molar-refractivity contribution in [2.45, 2.75) is 6.42 Å². The van der Waals surface area contributed by atoms with E-state index < -0.39 is 0 Å². The van der Waals surface area contributed by atoms with Gasteiger partial charge in [0, 0.05) is 49.7 Å². The van der Waals surface area contributed by atoms with Crippen molar-refractivity contribution in [2.75, 3.05) is 42.5 Å². The Hall–Kier alpha value is -3.02. The number of carbonyl (C=O) groups excluding carboxylic acids is 2. The molecule has 2 heterocycles. The lowest BCUT2D eigenvalue weighted by Gasteiger charge is -2.19. The molecule has 0 bridgehead atoms.